The molecule has 2 heterocycles. The van der Waals surface area contributed by atoms with Crippen LogP contribution in [0.15, 0.2) is 17.3 Å². The molecule has 0 unspecified atom stereocenters. The van der Waals surface area contributed by atoms with E-state index < -0.39 is 10.0 Å². The van der Waals surface area contributed by atoms with Gasteiger partial charge in [-0.05, 0) is 13.8 Å². The zero-order valence-electron chi connectivity index (χ0n) is 11.4. The van der Waals surface area contributed by atoms with Gasteiger partial charge in [0.25, 0.3) is 0 Å². The van der Waals surface area contributed by atoms with Crippen LogP contribution in [0.5, 0.6) is 0 Å². The highest BCUT2D eigenvalue weighted by Crippen LogP contribution is 2.18. The van der Waals surface area contributed by atoms with Crippen molar-refractivity contribution in [2.75, 3.05) is 0 Å². The largest absolute Gasteiger partial charge is 0.275 e. The minimum Gasteiger partial charge on any atom is -0.275 e. The van der Waals surface area contributed by atoms with Crippen molar-refractivity contribution < 1.29 is 8.42 Å². The summed E-state index contributed by atoms with van der Waals surface area (Å²) in [5, 5.41) is 8.11. The third kappa shape index (κ3) is 2.69. The summed E-state index contributed by atoms with van der Waals surface area (Å²) >= 11 is 0. The van der Waals surface area contributed by atoms with Gasteiger partial charge in [-0.15, -0.1) is 0 Å². The zero-order chi connectivity index (χ0) is 14.2. The maximum Gasteiger partial charge on any atom is 0.244 e. The van der Waals surface area contributed by atoms with E-state index >= 15 is 0 Å². The summed E-state index contributed by atoms with van der Waals surface area (Å²) < 4.78 is 30.3. The van der Waals surface area contributed by atoms with Gasteiger partial charge in [0, 0.05) is 32.4 Å². The molecule has 0 amide bonds. The average molecular weight is 283 g/mol. The molecule has 19 heavy (non-hydrogen) atoms. The molecule has 0 radical (unpaired) electrons. The Bertz CT molecular complexity index is 699. The summed E-state index contributed by atoms with van der Waals surface area (Å²) in [6, 6.07) is 0. The van der Waals surface area contributed by atoms with E-state index in [4.69, 9.17) is 0 Å². The molecule has 0 atom stereocenters. The molecule has 0 aliphatic heterocycles. The number of hydrogen-bond acceptors (Lipinski definition) is 4. The Kier molecular flexibility index (Phi) is 3.46. The van der Waals surface area contributed by atoms with E-state index in [0.717, 1.165) is 5.56 Å². The predicted octanol–water partition coefficient (Wildman–Crippen LogP) is 0.249. The lowest BCUT2D eigenvalue weighted by atomic mass is 10.4. The van der Waals surface area contributed by atoms with Gasteiger partial charge < -0.3 is 0 Å². The van der Waals surface area contributed by atoms with Crippen molar-refractivity contribution in [3.05, 3.63) is 29.3 Å². The molecule has 0 aliphatic carbocycles. The molecule has 2 aromatic rings. The summed E-state index contributed by atoms with van der Waals surface area (Å²) in [4.78, 5) is 0.249. The number of aromatic nitrogens is 4. The number of sulfonamides is 1. The molecule has 8 heteroatoms. The first-order chi connectivity index (χ1) is 8.81. The molecule has 0 saturated heterocycles. The first kappa shape index (κ1) is 13.8. The first-order valence-corrected chi connectivity index (χ1v) is 7.27. The van der Waals surface area contributed by atoms with Gasteiger partial charge in [0.1, 0.15) is 4.90 Å². The van der Waals surface area contributed by atoms with Crippen LogP contribution in [-0.4, -0.2) is 28.0 Å². The molecule has 2 aromatic heterocycles. The van der Waals surface area contributed by atoms with Crippen LogP contribution in [-0.2, 0) is 30.7 Å². The van der Waals surface area contributed by atoms with E-state index in [9.17, 15) is 8.42 Å². The van der Waals surface area contributed by atoms with E-state index in [2.05, 4.69) is 14.9 Å². The minimum atomic E-state index is -3.56. The molecule has 104 valence electrons. The van der Waals surface area contributed by atoms with E-state index in [1.165, 1.54) is 0 Å². The van der Waals surface area contributed by atoms with Gasteiger partial charge in [0.2, 0.25) is 10.0 Å². The van der Waals surface area contributed by atoms with Gasteiger partial charge in [-0.25, -0.2) is 13.1 Å². The van der Waals surface area contributed by atoms with Gasteiger partial charge in [-0.3, -0.25) is 9.36 Å². The summed E-state index contributed by atoms with van der Waals surface area (Å²) in [5.41, 5.74) is 1.93. The smallest absolute Gasteiger partial charge is 0.244 e. The second-order valence-corrected chi connectivity index (χ2v) is 6.17. The van der Waals surface area contributed by atoms with E-state index in [0.29, 0.717) is 11.4 Å². The molecule has 0 spiro atoms. The summed E-state index contributed by atoms with van der Waals surface area (Å²) in [6.45, 7) is 3.63. The highest BCUT2D eigenvalue weighted by molar-refractivity contribution is 7.89. The third-order valence-electron chi connectivity index (χ3n) is 2.94. The van der Waals surface area contributed by atoms with Gasteiger partial charge in [-0.2, -0.15) is 10.2 Å². The molecular formula is C11H17N5O2S. The quantitative estimate of drug-likeness (QED) is 0.872. The second kappa shape index (κ2) is 4.78. The van der Waals surface area contributed by atoms with Crippen molar-refractivity contribution in [1.29, 1.82) is 0 Å². The molecule has 2 rings (SSSR count). The van der Waals surface area contributed by atoms with Crippen molar-refractivity contribution in [2.24, 2.45) is 14.1 Å². The lowest BCUT2D eigenvalue weighted by Gasteiger charge is -2.05. The molecule has 0 bridgehead atoms. The van der Waals surface area contributed by atoms with E-state index in [-0.39, 0.29) is 11.4 Å². The van der Waals surface area contributed by atoms with Crippen molar-refractivity contribution in [2.45, 2.75) is 25.3 Å². The maximum absolute atomic E-state index is 12.3. The van der Waals surface area contributed by atoms with Crippen LogP contribution in [0, 0.1) is 13.8 Å². The molecule has 0 saturated carbocycles. The van der Waals surface area contributed by atoms with Crippen LogP contribution in [0.25, 0.3) is 0 Å². The predicted molar refractivity (Wildman–Crippen MR) is 69.9 cm³/mol. The van der Waals surface area contributed by atoms with Crippen LogP contribution >= 0.6 is 0 Å². The van der Waals surface area contributed by atoms with Crippen LogP contribution in [0.3, 0.4) is 0 Å². The summed E-state index contributed by atoms with van der Waals surface area (Å²) in [6.07, 6.45) is 3.40. The number of nitrogens with zero attached hydrogens (tertiary/aromatic N) is 4. The normalized spacial score (nSPS) is 12.0. The van der Waals surface area contributed by atoms with Gasteiger partial charge in [0.15, 0.2) is 0 Å². The van der Waals surface area contributed by atoms with Crippen molar-refractivity contribution >= 4 is 10.0 Å². The van der Waals surface area contributed by atoms with Crippen molar-refractivity contribution in [3.63, 3.8) is 0 Å². The molecular weight excluding hydrogens is 266 g/mol. The fourth-order valence-corrected chi connectivity index (χ4v) is 3.41. The summed E-state index contributed by atoms with van der Waals surface area (Å²) in [5.74, 6) is 0. The van der Waals surface area contributed by atoms with Crippen molar-refractivity contribution in [3.8, 4) is 0 Å². The topological polar surface area (TPSA) is 81.8 Å². The number of nitrogens with one attached hydrogen (secondary N) is 1. The Labute approximate surface area is 112 Å². The highest BCUT2D eigenvalue weighted by Gasteiger charge is 2.23. The standard InChI is InChI=1S/C11H17N5O2S/c1-8-11(9(2)16(4)14-8)19(17,18)13-6-10-5-12-15(3)7-10/h5,7,13H,6H2,1-4H3. The molecule has 7 nitrogen and oxygen atoms in total. The zero-order valence-corrected chi connectivity index (χ0v) is 12.2. The Morgan fingerprint density at radius 2 is 2.00 bits per heavy atom. The average Bonchev–Trinajstić information content (AvgIpc) is 2.82. The first-order valence-electron chi connectivity index (χ1n) is 5.78. The van der Waals surface area contributed by atoms with Crippen LogP contribution < -0.4 is 4.72 Å². The number of aryl methyl sites for hydroxylation is 3. The van der Waals surface area contributed by atoms with Crippen LogP contribution in [0.4, 0.5) is 0 Å². The lowest BCUT2D eigenvalue weighted by molar-refractivity contribution is 0.579. The van der Waals surface area contributed by atoms with Crippen LogP contribution in [0.1, 0.15) is 17.0 Å². The molecule has 0 fully saturated rings. The highest BCUT2D eigenvalue weighted by atomic mass is 32.2. The Morgan fingerprint density at radius 3 is 2.47 bits per heavy atom. The van der Waals surface area contributed by atoms with Crippen LogP contribution in [0.2, 0.25) is 0 Å². The Balaban J connectivity index is 2.23. The Hall–Kier alpha value is -1.67. The second-order valence-electron chi connectivity index (χ2n) is 4.47. The number of rotatable bonds is 4. The lowest BCUT2D eigenvalue weighted by Crippen LogP contribution is -2.24. The summed E-state index contributed by atoms with van der Waals surface area (Å²) in [7, 11) is -0.0503. The number of hydrogen-bond donors (Lipinski definition) is 1. The fraction of sp³-hybridized carbons (Fsp3) is 0.455. The van der Waals surface area contributed by atoms with Gasteiger partial charge in [-0.1, -0.05) is 0 Å². The SMILES string of the molecule is Cc1nn(C)c(C)c1S(=O)(=O)NCc1cnn(C)c1. The fourth-order valence-electron chi connectivity index (χ4n) is 1.96. The van der Waals surface area contributed by atoms with Gasteiger partial charge in [0.05, 0.1) is 17.6 Å². The van der Waals surface area contributed by atoms with Crippen molar-refractivity contribution in [1.82, 2.24) is 24.3 Å². The third-order valence-corrected chi connectivity index (χ3v) is 4.59. The minimum absolute atomic E-state index is 0.212. The molecule has 0 aromatic carbocycles. The monoisotopic (exact) mass is 283 g/mol. The molecule has 1 N–H and O–H groups in total. The Morgan fingerprint density at radius 1 is 1.32 bits per heavy atom. The van der Waals surface area contributed by atoms with Gasteiger partial charge >= 0.3 is 0 Å². The van der Waals surface area contributed by atoms with E-state index in [1.807, 2.05) is 0 Å². The van der Waals surface area contributed by atoms with E-state index in [1.54, 1.807) is 49.7 Å². The molecule has 0 aliphatic rings. The maximum atomic E-state index is 12.3.